The van der Waals surface area contributed by atoms with Crippen LogP contribution in [0.3, 0.4) is 0 Å². The van der Waals surface area contributed by atoms with Crippen LogP contribution in [0.2, 0.25) is 0 Å². The molecule has 5 heteroatoms. The first-order valence-corrected chi connectivity index (χ1v) is 5.80. The highest BCUT2D eigenvalue weighted by molar-refractivity contribution is 5.47. The molecule has 0 spiro atoms. The van der Waals surface area contributed by atoms with Gasteiger partial charge in [0.05, 0.1) is 18.4 Å². The number of nitrogens with zero attached hydrogens (tertiary/aromatic N) is 4. The van der Waals surface area contributed by atoms with E-state index in [-0.39, 0.29) is 0 Å². The molecule has 0 bridgehead atoms. The number of nitrogens with one attached hydrogen (secondary N) is 1. The van der Waals surface area contributed by atoms with Crippen LogP contribution < -0.4 is 4.90 Å². The third kappa shape index (κ3) is 1.77. The van der Waals surface area contributed by atoms with Crippen LogP contribution >= 0.6 is 0 Å². The van der Waals surface area contributed by atoms with E-state index in [4.69, 9.17) is 0 Å². The van der Waals surface area contributed by atoms with Gasteiger partial charge in [0.2, 0.25) is 0 Å². The topological polar surface area (TPSA) is 57.7 Å². The summed E-state index contributed by atoms with van der Waals surface area (Å²) in [6, 6.07) is 0. The fraction of sp³-hybridized carbons (Fsp3) is 0.417. The van der Waals surface area contributed by atoms with Crippen molar-refractivity contribution < 1.29 is 0 Å². The molecule has 1 aliphatic heterocycles. The van der Waals surface area contributed by atoms with Crippen molar-refractivity contribution in [3.63, 3.8) is 0 Å². The lowest BCUT2D eigenvalue weighted by Gasteiger charge is -2.28. The largest absolute Gasteiger partial charge is 0.350 e. The average molecular weight is 229 g/mol. The second-order valence-electron chi connectivity index (χ2n) is 4.47. The first kappa shape index (κ1) is 10.3. The summed E-state index contributed by atoms with van der Waals surface area (Å²) in [7, 11) is 0. The smallest absolute Gasteiger partial charge is 0.135 e. The molecule has 0 aliphatic carbocycles. The van der Waals surface area contributed by atoms with Crippen LogP contribution in [0.5, 0.6) is 0 Å². The first-order chi connectivity index (χ1) is 8.24. The summed E-state index contributed by atoms with van der Waals surface area (Å²) in [5.41, 5.74) is 3.65. The molecule has 3 heterocycles. The number of H-pyrrole nitrogens is 1. The molecule has 0 radical (unpaired) electrons. The summed E-state index contributed by atoms with van der Waals surface area (Å²) in [4.78, 5) is 11.0. The number of hydrogen-bond donors (Lipinski definition) is 1. The van der Waals surface area contributed by atoms with Gasteiger partial charge in [-0.2, -0.15) is 5.10 Å². The van der Waals surface area contributed by atoms with Crippen LogP contribution in [-0.4, -0.2) is 26.7 Å². The zero-order valence-electron chi connectivity index (χ0n) is 10.1. The molecule has 2 aromatic heterocycles. The highest BCUT2D eigenvalue weighted by Gasteiger charge is 2.20. The van der Waals surface area contributed by atoms with E-state index in [0.29, 0.717) is 0 Å². The van der Waals surface area contributed by atoms with Gasteiger partial charge in [-0.25, -0.2) is 9.97 Å². The van der Waals surface area contributed by atoms with Crippen molar-refractivity contribution in [1.82, 2.24) is 20.2 Å². The molecule has 0 saturated heterocycles. The molecule has 88 valence electrons. The molecule has 5 nitrogen and oxygen atoms in total. The van der Waals surface area contributed by atoms with Gasteiger partial charge in [-0.15, -0.1) is 0 Å². The Morgan fingerprint density at radius 3 is 3.06 bits per heavy atom. The lowest BCUT2D eigenvalue weighted by atomic mass is 10.1. The summed E-state index contributed by atoms with van der Waals surface area (Å²) < 4.78 is 0. The van der Waals surface area contributed by atoms with Crippen LogP contribution in [0.1, 0.15) is 22.6 Å². The molecule has 0 fully saturated rings. The van der Waals surface area contributed by atoms with Crippen molar-refractivity contribution in [2.24, 2.45) is 0 Å². The van der Waals surface area contributed by atoms with Crippen molar-refractivity contribution in [2.75, 3.05) is 11.4 Å². The number of aromatic amines is 1. The molecule has 17 heavy (non-hydrogen) atoms. The van der Waals surface area contributed by atoms with Gasteiger partial charge in [-0.1, -0.05) is 0 Å². The normalized spacial score (nSPS) is 14.8. The molecule has 1 aliphatic rings. The van der Waals surface area contributed by atoms with Crippen molar-refractivity contribution in [2.45, 2.75) is 26.8 Å². The maximum absolute atomic E-state index is 4.53. The first-order valence-electron chi connectivity index (χ1n) is 5.80. The quantitative estimate of drug-likeness (QED) is 0.802. The summed E-state index contributed by atoms with van der Waals surface area (Å²) in [5, 5.41) is 7.14. The van der Waals surface area contributed by atoms with E-state index in [2.05, 4.69) is 32.0 Å². The van der Waals surface area contributed by atoms with Crippen molar-refractivity contribution >= 4 is 5.82 Å². The van der Waals surface area contributed by atoms with Gasteiger partial charge in [-0.3, -0.25) is 5.10 Å². The monoisotopic (exact) mass is 229 g/mol. The number of anilines is 1. The van der Waals surface area contributed by atoms with Gasteiger partial charge in [0, 0.05) is 18.3 Å². The Kier molecular flexibility index (Phi) is 2.31. The Bertz CT molecular complexity index is 546. The molecule has 0 aromatic carbocycles. The number of hydrogen-bond acceptors (Lipinski definition) is 4. The summed E-state index contributed by atoms with van der Waals surface area (Å²) in [6.45, 7) is 5.82. The van der Waals surface area contributed by atoms with E-state index in [0.717, 1.165) is 36.7 Å². The Labute approximate surface area is 99.9 Å². The second kappa shape index (κ2) is 3.84. The van der Waals surface area contributed by atoms with E-state index in [1.807, 2.05) is 19.3 Å². The SMILES string of the molecule is Cc1ncc(C)c(N2CCc3cn[nH]c3C2)n1. The molecule has 1 N–H and O–H groups in total. The fourth-order valence-electron chi connectivity index (χ4n) is 2.23. The number of rotatable bonds is 1. The van der Waals surface area contributed by atoms with Gasteiger partial charge in [-0.05, 0) is 25.8 Å². The Balaban J connectivity index is 1.94. The fourth-order valence-corrected chi connectivity index (χ4v) is 2.23. The minimum atomic E-state index is 0.820. The van der Waals surface area contributed by atoms with Gasteiger partial charge in [0.25, 0.3) is 0 Å². The number of aryl methyl sites for hydroxylation is 2. The van der Waals surface area contributed by atoms with Gasteiger partial charge in [0.1, 0.15) is 11.6 Å². The van der Waals surface area contributed by atoms with E-state index in [1.165, 1.54) is 11.3 Å². The second-order valence-corrected chi connectivity index (χ2v) is 4.47. The number of aromatic nitrogens is 4. The van der Waals surface area contributed by atoms with Crippen LogP contribution in [-0.2, 0) is 13.0 Å². The molecule has 0 atom stereocenters. The Morgan fingerprint density at radius 1 is 1.29 bits per heavy atom. The Morgan fingerprint density at radius 2 is 2.18 bits per heavy atom. The molecule has 3 rings (SSSR count). The lowest BCUT2D eigenvalue weighted by Crippen LogP contribution is -2.31. The predicted molar refractivity (Wildman–Crippen MR) is 64.8 cm³/mol. The van der Waals surface area contributed by atoms with Crippen molar-refractivity contribution in [3.8, 4) is 0 Å². The zero-order chi connectivity index (χ0) is 11.8. The third-order valence-electron chi connectivity index (χ3n) is 3.17. The lowest BCUT2D eigenvalue weighted by molar-refractivity contribution is 0.701. The van der Waals surface area contributed by atoms with Crippen LogP contribution in [0.25, 0.3) is 0 Å². The van der Waals surface area contributed by atoms with E-state index in [1.54, 1.807) is 0 Å². The standard InChI is InChI=1S/C12H15N5/c1-8-5-13-9(2)15-12(8)17-4-3-10-6-14-16-11(10)7-17/h5-6H,3-4,7H2,1-2H3,(H,14,16). The summed E-state index contributed by atoms with van der Waals surface area (Å²) >= 11 is 0. The number of fused-ring (bicyclic) bond motifs is 1. The van der Waals surface area contributed by atoms with Crippen LogP contribution in [0, 0.1) is 13.8 Å². The van der Waals surface area contributed by atoms with Crippen molar-refractivity contribution in [3.05, 3.63) is 35.0 Å². The maximum atomic E-state index is 4.53. The maximum Gasteiger partial charge on any atom is 0.135 e. The minimum Gasteiger partial charge on any atom is -0.350 e. The average Bonchev–Trinajstić information content (AvgIpc) is 2.79. The molecular formula is C12H15N5. The Hall–Kier alpha value is -1.91. The summed E-state index contributed by atoms with van der Waals surface area (Å²) in [5.74, 6) is 1.86. The van der Waals surface area contributed by atoms with Crippen LogP contribution in [0.4, 0.5) is 5.82 Å². The predicted octanol–water partition coefficient (Wildman–Crippen LogP) is 1.38. The summed E-state index contributed by atoms with van der Waals surface area (Å²) in [6.07, 6.45) is 4.83. The molecular weight excluding hydrogens is 214 g/mol. The highest BCUT2D eigenvalue weighted by Crippen LogP contribution is 2.23. The van der Waals surface area contributed by atoms with E-state index >= 15 is 0 Å². The highest BCUT2D eigenvalue weighted by atomic mass is 15.2. The van der Waals surface area contributed by atoms with Crippen molar-refractivity contribution in [1.29, 1.82) is 0 Å². The third-order valence-corrected chi connectivity index (χ3v) is 3.17. The van der Waals surface area contributed by atoms with Gasteiger partial charge < -0.3 is 4.90 Å². The molecule has 0 unspecified atom stereocenters. The van der Waals surface area contributed by atoms with Gasteiger partial charge in [0.15, 0.2) is 0 Å². The minimum absolute atomic E-state index is 0.820. The molecule has 0 amide bonds. The van der Waals surface area contributed by atoms with E-state index in [9.17, 15) is 0 Å². The van der Waals surface area contributed by atoms with E-state index < -0.39 is 0 Å². The zero-order valence-corrected chi connectivity index (χ0v) is 10.1. The molecule has 2 aromatic rings. The van der Waals surface area contributed by atoms with Crippen LogP contribution in [0.15, 0.2) is 12.4 Å². The van der Waals surface area contributed by atoms with Gasteiger partial charge >= 0.3 is 0 Å². The molecule has 0 saturated carbocycles.